The number of rotatable bonds is 2. The van der Waals surface area contributed by atoms with Crippen LogP contribution in [0.2, 0.25) is 0 Å². The van der Waals surface area contributed by atoms with Crippen molar-refractivity contribution < 1.29 is 0 Å². The summed E-state index contributed by atoms with van der Waals surface area (Å²) in [6, 6.07) is 12.1. The first kappa shape index (κ1) is 23.7. The monoisotopic (exact) mass is 380 g/mol. The molecule has 3 heteroatoms. The lowest BCUT2D eigenvalue weighted by molar-refractivity contribution is 0.591. The van der Waals surface area contributed by atoms with Gasteiger partial charge < -0.3 is 4.98 Å². The minimum atomic E-state index is -0.291. The summed E-state index contributed by atoms with van der Waals surface area (Å²) in [5.74, 6) is 0.428. The molecule has 1 saturated carbocycles. The van der Waals surface area contributed by atoms with E-state index in [1.54, 1.807) is 0 Å². The molecule has 0 bridgehead atoms. The summed E-state index contributed by atoms with van der Waals surface area (Å²) in [5.41, 5.74) is 4.17. The third-order valence-electron chi connectivity index (χ3n) is 4.83. The fourth-order valence-corrected chi connectivity index (χ4v) is 3.50. The zero-order chi connectivity index (χ0) is 20.9. The summed E-state index contributed by atoms with van der Waals surface area (Å²) >= 11 is 0. The second kappa shape index (κ2) is 12.9. The zero-order valence-corrected chi connectivity index (χ0v) is 18.3. The van der Waals surface area contributed by atoms with Gasteiger partial charge in [0.2, 0.25) is 0 Å². The number of hydrogen-bond donors (Lipinski definition) is 1. The molecule has 152 valence electrons. The van der Waals surface area contributed by atoms with Gasteiger partial charge in [-0.1, -0.05) is 89.6 Å². The van der Waals surface area contributed by atoms with Gasteiger partial charge in [0.25, 0.3) is 5.56 Å². The molecule has 1 aromatic carbocycles. The van der Waals surface area contributed by atoms with E-state index in [0.717, 1.165) is 29.7 Å². The molecule has 0 unspecified atom stereocenters. The maximum Gasteiger partial charge on any atom is 0.266 e. The lowest BCUT2D eigenvalue weighted by Crippen LogP contribution is -2.15. The standard InChI is InChI=1S/C20H22N2O.C3H8.C2H6/c1-14-8-10-16(11-9-14)19-18(12-17(13-21)20(23)22-19)15-6-4-2-3-5-7-15;1-3-2;1-2/h8-12,15H,2-7H2,1H3,(H,22,23);3H2,1-2H3;1-2H3. The van der Waals surface area contributed by atoms with Crippen molar-refractivity contribution in [3.63, 3.8) is 0 Å². The summed E-state index contributed by atoms with van der Waals surface area (Å²) in [6.07, 6.45) is 8.53. The number of hydrogen-bond acceptors (Lipinski definition) is 2. The predicted octanol–water partition coefficient (Wildman–Crippen LogP) is 7.10. The molecule has 0 radical (unpaired) electrons. The molecule has 1 aliphatic rings. The van der Waals surface area contributed by atoms with E-state index < -0.39 is 0 Å². The van der Waals surface area contributed by atoms with Gasteiger partial charge in [-0.05, 0) is 42.9 Å². The Morgan fingerprint density at radius 3 is 2.07 bits per heavy atom. The summed E-state index contributed by atoms with van der Waals surface area (Å²) in [6.45, 7) is 10.3. The van der Waals surface area contributed by atoms with Crippen molar-refractivity contribution >= 4 is 0 Å². The van der Waals surface area contributed by atoms with Crippen molar-refractivity contribution in [2.45, 2.75) is 85.5 Å². The van der Waals surface area contributed by atoms with Crippen LogP contribution in [0.5, 0.6) is 0 Å². The van der Waals surface area contributed by atoms with E-state index in [1.807, 2.05) is 38.1 Å². The highest BCUT2D eigenvalue weighted by Gasteiger charge is 2.20. The number of pyridine rings is 1. The highest BCUT2D eigenvalue weighted by molar-refractivity contribution is 5.65. The van der Waals surface area contributed by atoms with E-state index in [1.165, 1.54) is 37.7 Å². The molecule has 1 N–H and O–H groups in total. The average Bonchev–Trinajstić information content (AvgIpc) is 3.00. The molecule has 0 amide bonds. The van der Waals surface area contributed by atoms with Crippen molar-refractivity contribution in [3.8, 4) is 17.3 Å². The summed E-state index contributed by atoms with van der Waals surface area (Å²) in [7, 11) is 0. The van der Waals surface area contributed by atoms with Crippen molar-refractivity contribution in [1.82, 2.24) is 4.98 Å². The SMILES string of the molecule is CC.CCC.Cc1ccc(-c2[nH]c(=O)c(C#N)cc2C2CCCCCC2)cc1. The van der Waals surface area contributed by atoms with Crippen molar-refractivity contribution in [2.75, 3.05) is 0 Å². The van der Waals surface area contributed by atoms with Gasteiger partial charge in [-0.25, -0.2) is 0 Å². The van der Waals surface area contributed by atoms with Crippen LogP contribution in [0.1, 0.15) is 95.2 Å². The van der Waals surface area contributed by atoms with Crippen LogP contribution in [0.15, 0.2) is 35.1 Å². The molecular weight excluding hydrogens is 344 g/mol. The number of nitrogens with one attached hydrogen (secondary N) is 1. The largest absolute Gasteiger partial charge is 0.321 e. The lowest BCUT2D eigenvalue weighted by Gasteiger charge is -2.19. The molecule has 1 aliphatic carbocycles. The Balaban J connectivity index is 0.000000717. The first-order chi connectivity index (χ1) is 13.6. The third-order valence-corrected chi connectivity index (χ3v) is 4.83. The summed E-state index contributed by atoms with van der Waals surface area (Å²) in [4.78, 5) is 15.1. The number of aromatic amines is 1. The predicted molar refractivity (Wildman–Crippen MR) is 120 cm³/mol. The van der Waals surface area contributed by atoms with Crippen LogP contribution >= 0.6 is 0 Å². The first-order valence-corrected chi connectivity index (χ1v) is 10.8. The smallest absolute Gasteiger partial charge is 0.266 e. The second-order valence-corrected chi connectivity index (χ2v) is 7.22. The average molecular weight is 381 g/mol. The number of aromatic nitrogens is 1. The molecule has 1 heterocycles. The van der Waals surface area contributed by atoms with Crippen LogP contribution in [0, 0.1) is 18.3 Å². The Bertz CT molecular complexity index is 789. The van der Waals surface area contributed by atoms with Gasteiger partial charge in [-0.3, -0.25) is 4.79 Å². The molecule has 3 rings (SSSR count). The molecular formula is C25H36N2O. The van der Waals surface area contributed by atoms with Gasteiger partial charge in [0.15, 0.2) is 0 Å². The molecule has 1 aromatic heterocycles. The van der Waals surface area contributed by atoms with Gasteiger partial charge in [0, 0.05) is 0 Å². The van der Waals surface area contributed by atoms with Gasteiger partial charge >= 0.3 is 0 Å². The molecule has 0 saturated heterocycles. The molecule has 0 aliphatic heterocycles. The number of benzene rings is 1. The number of aryl methyl sites for hydroxylation is 1. The van der Waals surface area contributed by atoms with Gasteiger partial charge in [-0.2, -0.15) is 5.26 Å². The van der Waals surface area contributed by atoms with E-state index >= 15 is 0 Å². The molecule has 0 spiro atoms. The maximum absolute atomic E-state index is 12.1. The molecule has 2 aromatic rings. The van der Waals surface area contributed by atoms with E-state index in [9.17, 15) is 10.1 Å². The fourth-order valence-electron chi connectivity index (χ4n) is 3.50. The van der Waals surface area contributed by atoms with Gasteiger partial charge in [0.05, 0.1) is 5.69 Å². The van der Waals surface area contributed by atoms with Crippen LogP contribution in [0.4, 0.5) is 0 Å². The maximum atomic E-state index is 12.1. The lowest BCUT2D eigenvalue weighted by atomic mass is 9.88. The Morgan fingerprint density at radius 1 is 1.04 bits per heavy atom. The first-order valence-electron chi connectivity index (χ1n) is 10.8. The van der Waals surface area contributed by atoms with Crippen molar-refractivity contribution in [1.29, 1.82) is 5.26 Å². The number of H-pyrrole nitrogens is 1. The zero-order valence-electron chi connectivity index (χ0n) is 18.3. The van der Waals surface area contributed by atoms with Crippen LogP contribution in [0.3, 0.4) is 0 Å². The van der Waals surface area contributed by atoms with Crippen LogP contribution in [-0.4, -0.2) is 4.98 Å². The summed E-state index contributed by atoms with van der Waals surface area (Å²) in [5, 5.41) is 9.22. The highest BCUT2D eigenvalue weighted by atomic mass is 16.1. The van der Waals surface area contributed by atoms with Gasteiger partial charge in [0.1, 0.15) is 11.6 Å². The normalized spacial score (nSPS) is 13.9. The van der Waals surface area contributed by atoms with Crippen LogP contribution < -0.4 is 5.56 Å². The Morgan fingerprint density at radius 2 is 1.57 bits per heavy atom. The minimum Gasteiger partial charge on any atom is -0.321 e. The minimum absolute atomic E-state index is 0.222. The molecule has 1 fully saturated rings. The quantitative estimate of drug-likeness (QED) is 0.565. The van der Waals surface area contributed by atoms with E-state index in [2.05, 4.69) is 37.9 Å². The van der Waals surface area contributed by atoms with Crippen LogP contribution in [0.25, 0.3) is 11.3 Å². The third kappa shape index (κ3) is 6.68. The summed E-state index contributed by atoms with van der Waals surface area (Å²) < 4.78 is 0. The second-order valence-electron chi connectivity index (χ2n) is 7.22. The highest BCUT2D eigenvalue weighted by Crippen LogP contribution is 2.36. The number of nitriles is 1. The van der Waals surface area contributed by atoms with E-state index in [0.29, 0.717) is 5.92 Å². The molecule has 3 nitrogen and oxygen atoms in total. The van der Waals surface area contributed by atoms with Crippen molar-refractivity contribution in [2.24, 2.45) is 0 Å². The molecule has 28 heavy (non-hydrogen) atoms. The van der Waals surface area contributed by atoms with Crippen LogP contribution in [-0.2, 0) is 0 Å². The topological polar surface area (TPSA) is 56.6 Å². The molecule has 0 atom stereocenters. The Kier molecular flexibility index (Phi) is 11.0. The number of nitrogens with zero attached hydrogens (tertiary/aromatic N) is 1. The van der Waals surface area contributed by atoms with Gasteiger partial charge in [-0.15, -0.1) is 0 Å². The Hall–Kier alpha value is -2.34. The van der Waals surface area contributed by atoms with Crippen molar-refractivity contribution in [3.05, 3.63) is 57.4 Å². The van der Waals surface area contributed by atoms with E-state index in [4.69, 9.17) is 0 Å². The fraction of sp³-hybridized carbons (Fsp3) is 0.520. The Labute approximate surface area is 170 Å². The van der Waals surface area contributed by atoms with E-state index in [-0.39, 0.29) is 11.1 Å².